The monoisotopic (exact) mass is 267 g/mol. The van der Waals surface area contributed by atoms with Crippen molar-refractivity contribution in [1.29, 1.82) is 0 Å². The molecule has 3 unspecified atom stereocenters. The van der Waals surface area contributed by atoms with Gasteiger partial charge >= 0.3 is 0 Å². The second kappa shape index (κ2) is 5.15. The van der Waals surface area contributed by atoms with Crippen molar-refractivity contribution in [2.24, 2.45) is 5.92 Å². The van der Waals surface area contributed by atoms with Crippen LogP contribution in [-0.2, 0) is 9.47 Å². The molecular formula is C14H18FNO3. The van der Waals surface area contributed by atoms with Gasteiger partial charge in [0.15, 0.2) is 0 Å². The van der Waals surface area contributed by atoms with E-state index in [1.54, 1.807) is 6.07 Å². The van der Waals surface area contributed by atoms with E-state index in [-0.39, 0.29) is 17.3 Å². The molecule has 4 nitrogen and oxygen atoms in total. The van der Waals surface area contributed by atoms with Crippen LogP contribution in [0.4, 0.5) is 4.39 Å². The van der Waals surface area contributed by atoms with E-state index in [9.17, 15) is 9.50 Å². The maximum Gasteiger partial charge on any atom is 0.141 e. The molecule has 2 aliphatic rings. The molecule has 0 radical (unpaired) electrons. The molecule has 104 valence electrons. The third-order valence-electron chi connectivity index (χ3n) is 4.10. The lowest BCUT2D eigenvalue weighted by atomic mass is 9.81. The van der Waals surface area contributed by atoms with Crippen molar-refractivity contribution in [2.45, 2.75) is 31.0 Å². The normalized spacial score (nSPS) is 32.6. The number of pyridine rings is 1. The van der Waals surface area contributed by atoms with Crippen LogP contribution in [0.5, 0.6) is 0 Å². The predicted octanol–water partition coefficient (Wildman–Crippen LogP) is 1.84. The maximum atomic E-state index is 12.9. The van der Waals surface area contributed by atoms with Gasteiger partial charge in [0.2, 0.25) is 0 Å². The Morgan fingerprint density at radius 2 is 2.32 bits per heavy atom. The molecular weight excluding hydrogens is 249 g/mol. The second-order valence-corrected chi connectivity index (χ2v) is 5.43. The Bertz CT molecular complexity index is 431. The van der Waals surface area contributed by atoms with Gasteiger partial charge in [0, 0.05) is 19.6 Å². The van der Waals surface area contributed by atoms with E-state index in [0.29, 0.717) is 18.9 Å². The summed E-state index contributed by atoms with van der Waals surface area (Å²) in [6, 6.07) is 2.88. The highest BCUT2D eigenvalue weighted by molar-refractivity contribution is 5.10. The van der Waals surface area contributed by atoms with Crippen LogP contribution in [0.3, 0.4) is 0 Å². The van der Waals surface area contributed by atoms with E-state index in [2.05, 4.69) is 4.98 Å². The molecule has 0 aliphatic carbocycles. The molecule has 1 aromatic heterocycles. The minimum atomic E-state index is -0.665. The van der Waals surface area contributed by atoms with Crippen LogP contribution in [0.25, 0.3) is 0 Å². The van der Waals surface area contributed by atoms with Crippen LogP contribution >= 0.6 is 0 Å². The molecule has 2 aliphatic heterocycles. The van der Waals surface area contributed by atoms with Crippen molar-refractivity contribution in [2.75, 3.05) is 19.8 Å². The molecule has 0 saturated carbocycles. The Labute approximate surface area is 111 Å². The quantitative estimate of drug-likeness (QED) is 0.888. The molecule has 3 atom stereocenters. The van der Waals surface area contributed by atoms with E-state index in [4.69, 9.17) is 9.47 Å². The van der Waals surface area contributed by atoms with Crippen LogP contribution in [-0.4, -0.2) is 35.5 Å². The van der Waals surface area contributed by atoms with Gasteiger partial charge < -0.3 is 14.6 Å². The van der Waals surface area contributed by atoms with E-state index in [1.807, 2.05) is 0 Å². The number of hydrogen-bond acceptors (Lipinski definition) is 4. The van der Waals surface area contributed by atoms with E-state index in [1.165, 1.54) is 6.07 Å². The summed E-state index contributed by atoms with van der Waals surface area (Å²) in [7, 11) is 0. The summed E-state index contributed by atoms with van der Waals surface area (Å²) in [4.78, 5) is 3.97. The maximum absolute atomic E-state index is 12.9. The van der Waals surface area contributed by atoms with Crippen LogP contribution in [0.1, 0.15) is 31.1 Å². The highest BCUT2D eigenvalue weighted by Gasteiger charge is 2.43. The largest absolute Gasteiger partial charge is 0.387 e. The van der Waals surface area contributed by atoms with Crippen molar-refractivity contribution in [3.05, 3.63) is 29.8 Å². The Morgan fingerprint density at radius 1 is 1.42 bits per heavy atom. The summed E-state index contributed by atoms with van der Waals surface area (Å²) in [5.74, 6) is -0.294. The van der Waals surface area contributed by atoms with Gasteiger partial charge in [-0.05, 0) is 30.9 Å². The number of hydrogen-bond donors (Lipinski definition) is 1. The second-order valence-electron chi connectivity index (χ2n) is 5.43. The van der Waals surface area contributed by atoms with Crippen molar-refractivity contribution in [3.63, 3.8) is 0 Å². The van der Waals surface area contributed by atoms with Crippen LogP contribution in [0.15, 0.2) is 18.3 Å². The smallest absolute Gasteiger partial charge is 0.141 e. The molecule has 5 heteroatoms. The summed E-state index contributed by atoms with van der Waals surface area (Å²) in [5.41, 5.74) is 0.298. The first kappa shape index (κ1) is 13.0. The molecule has 2 saturated heterocycles. The predicted molar refractivity (Wildman–Crippen MR) is 66.0 cm³/mol. The van der Waals surface area contributed by atoms with Crippen molar-refractivity contribution in [1.82, 2.24) is 4.98 Å². The molecule has 1 aromatic rings. The number of aromatic nitrogens is 1. The van der Waals surface area contributed by atoms with Gasteiger partial charge in [-0.1, -0.05) is 0 Å². The Balaban J connectivity index is 1.72. The first-order valence-electron chi connectivity index (χ1n) is 6.70. The molecule has 0 aromatic carbocycles. The zero-order valence-electron chi connectivity index (χ0n) is 10.7. The third-order valence-corrected chi connectivity index (χ3v) is 4.10. The molecule has 0 bridgehead atoms. The van der Waals surface area contributed by atoms with Crippen molar-refractivity contribution < 1.29 is 19.0 Å². The van der Waals surface area contributed by atoms with E-state index < -0.39 is 6.10 Å². The van der Waals surface area contributed by atoms with Gasteiger partial charge in [0.05, 0.1) is 30.2 Å². The molecule has 2 fully saturated rings. The fourth-order valence-corrected chi connectivity index (χ4v) is 3.00. The zero-order valence-corrected chi connectivity index (χ0v) is 10.7. The van der Waals surface area contributed by atoms with Gasteiger partial charge in [-0.3, -0.25) is 4.98 Å². The van der Waals surface area contributed by atoms with Gasteiger partial charge in [-0.25, -0.2) is 4.39 Å². The van der Waals surface area contributed by atoms with E-state index >= 15 is 0 Å². The highest BCUT2D eigenvalue weighted by Crippen LogP contribution is 2.40. The Hall–Kier alpha value is -1.04. The summed E-state index contributed by atoms with van der Waals surface area (Å²) in [6.45, 7) is 1.96. The van der Waals surface area contributed by atoms with Gasteiger partial charge in [0.1, 0.15) is 5.82 Å². The lowest BCUT2D eigenvalue weighted by Gasteiger charge is -2.38. The first-order valence-corrected chi connectivity index (χ1v) is 6.70. The average Bonchev–Trinajstić information content (AvgIpc) is 2.87. The first-order chi connectivity index (χ1) is 9.19. The molecule has 3 heterocycles. The fourth-order valence-electron chi connectivity index (χ4n) is 3.00. The third kappa shape index (κ3) is 2.63. The molecule has 19 heavy (non-hydrogen) atoms. The highest BCUT2D eigenvalue weighted by atomic mass is 19.1. The van der Waals surface area contributed by atoms with Crippen molar-refractivity contribution >= 4 is 0 Å². The summed E-state index contributed by atoms with van der Waals surface area (Å²) < 4.78 is 24.1. The lowest BCUT2D eigenvalue weighted by Crippen LogP contribution is -2.42. The van der Waals surface area contributed by atoms with Crippen LogP contribution in [0.2, 0.25) is 0 Å². The fraction of sp³-hybridized carbons (Fsp3) is 0.643. The minimum absolute atomic E-state index is 0.0911. The van der Waals surface area contributed by atoms with Crippen LogP contribution in [0, 0.1) is 11.7 Å². The summed E-state index contributed by atoms with van der Waals surface area (Å²) >= 11 is 0. The summed E-state index contributed by atoms with van der Waals surface area (Å²) in [5, 5.41) is 10.4. The number of aliphatic hydroxyl groups excluding tert-OH is 1. The molecule has 1 spiro atoms. The van der Waals surface area contributed by atoms with Crippen molar-refractivity contribution in [3.8, 4) is 0 Å². The molecule has 1 N–H and O–H groups in total. The molecule has 3 rings (SSSR count). The minimum Gasteiger partial charge on any atom is -0.387 e. The molecule has 0 amide bonds. The Kier molecular flexibility index (Phi) is 3.52. The average molecular weight is 267 g/mol. The van der Waals surface area contributed by atoms with Gasteiger partial charge in [-0.2, -0.15) is 0 Å². The summed E-state index contributed by atoms with van der Waals surface area (Å²) in [6.07, 6.45) is 2.93. The number of rotatable bonds is 2. The number of aliphatic hydroxyl groups is 1. The van der Waals surface area contributed by atoms with Gasteiger partial charge in [0.25, 0.3) is 0 Å². The number of ether oxygens (including phenoxy) is 2. The van der Waals surface area contributed by atoms with Crippen LogP contribution < -0.4 is 0 Å². The lowest BCUT2D eigenvalue weighted by molar-refractivity contribution is -0.117. The topological polar surface area (TPSA) is 51.6 Å². The van der Waals surface area contributed by atoms with E-state index in [0.717, 1.165) is 32.1 Å². The Morgan fingerprint density at radius 3 is 3.00 bits per heavy atom. The standard InChI is InChI=1S/C14H18FNO3/c15-11-1-2-12(16-8-11)13(17)10-3-5-19-14(7-10)4-6-18-9-14/h1-2,8,10,13,17H,3-7,9H2. The van der Waals surface area contributed by atoms with Gasteiger partial charge in [-0.15, -0.1) is 0 Å². The number of nitrogens with zero attached hydrogens (tertiary/aromatic N) is 1. The SMILES string of the molecule is OC(c1ccc(F)cn1)C1CCOC2(CCOC2)C1. The zero-order chi connectivity index (χ0) is 13.3. The number of halogens is 1.